The molecule has 1 heterocycles. The lowest BCUT2D eigenvalue weighted by atomic mass is 9.63. The number of benzene rings is 2. The van der Waals surface area contributed by atoms with Crippen LogP contribution in [0.15, 0.2) is 42.5 Å². The summed E-state index contributed by atoms with van der Waals surface area (Å²) in [5.74, 6) is 0. The summed E-state index contributed by atoms with van der Waals surface area (Å²) in [6.07, 6.45) is 4.83. The van der Waals surface area contributed by atoms with Crippen molar-refractivity contribution in [2.24, 2.45) is 0 Å². The minimum Gasteiger partial charge on any atom is -0.379 e. The summed E-state index contributed by atoms with van der Waals surface area (Å²) in [6, 6.07) is 16.1. The molecule has 0 bridgehead atoms. The van der Waals surface area contributed by atoms with Gasteiger partial charge in [0.15, 0.2) is 0 Å². The van der Waals surface area contributed by atoms with Crippen molar-refractivity contribution in [3.8, 4) is 0 Å². The van der Waals surface area contributed by atoms with Gasteiger partial charge in [0.1, 0.15) is 0 Å². The molecule has 2 aromatic carbocycles. The molecule has 0 spiro atoms. The van der Waals surface area contributed by atoms with Crippen molar-refractivity contribution in [2.45, 2.75) is 58.3 Å². The third kappa shape index (κ3) is 5.53. The highest BCUT2D eigenvalue weighted by Crippen LogP contribution is 2.46. The Morgan fingerprint density at radius 2 is 1.58 bits per heavy atom. The molecule has 33 heavy (non-hydrogen) atoms. The normalized spacial score (nSPS) is 20.4. The van der Waals surface area contributed by atoms with Gasteiger partial charge in [-0.15, -0.1) is 0 Å². The van der Waals surface area contributed by atoms with E-state index >= 15 is 0 Å². The topological polar surface area (TPSA) is 15.7 Å². The molecule has 0 N–H and O–H groups in total. The van der Waals surface area contributed by atoms with Crippen molar-refractivity contribution in [1.82, 2.24) is 4.90 Å². The Morgan fingerprint density at radius 1 is 0.939 bits per heavy atom. The molecule has 3 heteroatoms. The van der Waals surface area contributed by atoms with Crippen LogP contribution in [0.2, 0.25) is 0 Å². The molecule has 0 atom stereocenters. The van der Waals surface area contributed by atoms with E-state index in [1.807, 2.05) is 0 Å². The number of anilines is 1. The number of ether oxygens (including phenoxy) is 1. The summed E-state index contributed by atoms with van der Waals surface area (Å²) >= 11 is 0. The predicted molar refractivity (Wildman–Crippen MR) is 142 cm³/mol. The van der Waals surface area contributed by atoms with Gasteiger partial charge in [-0.3, -0.25) is 4.90 Å². The standard InChI is InChI=1S/C30H42N2O/c1-23(25-9-12-27-28(22-25)30(4,5)14-13-29(27,2)3)21-24-7-10-26(11-8-24)31(6)15-16-32-17-19-33-20-18-32/h7-12,21-22H,13-20H2,1-6H3/b23-21+. The van der Waals surface area contributed by atoms with Gasteiger partial charge >= 0.3 is 0 Å². The monoisotopic (exact) mass is 446 g/mol. The van der Waals surface area contributed by atoms with Gasteiger partial charge in [-0.2, -0.15) is 0 Å². The number of hydrogen-bond acceptors (Lipinski definition) is 3. The first kappa shape index (κ1) is 24.0. The number of nitrogens with zero attached hydrogens (tertiary/aromatic N) is 2. The number of morpholine rings is 1. The van der Waals surface area contributed by atoms with Gasteiger partial charge in [0.2, 0.25) is 0 Å². The van der Waals surface area contributed by atoms with Gasteiger partial charge in [-0.25, -0.2) is 0 Å². The number of hydrogen-bond donors (Lipinski definition) is 0. The lowest BCUT2D eigenvalue weighted by molar-refractivity contribution is 0.0393. The number of likely N-dealkylation sites (N-methyl/N-ethyl adjacent to an activating group) is 1. The van der Waals surface area contributed by atoms with Crippen molar-refractivity contribution in [3.05, 3.63) is 64.7 Å². The zero-order chi connectivity index (χ0) is 23.6. The maximum Gasteiger partial charge on any atom is 0.0594 e. The van der Waals surface area contributed by atoms with E-state index in [9.17, 15) is 0 Å². The Kier molecular flexibility index (Phi) is 7.02. The molecule has 0 aromatic heterocycles. The molecular weight excluding hydrogens is 404 g/mol. The van der Waals surface area contributed by atoms with E-state index in [2.05, 4.69) is 100 Å². The minimum absolute atomic E-state index is 0.245. The number of rotatable bonds is 6. The largest absolute Gasteiger partial charge is 0.379 e. The Bertz CT molecular complexity index is 981. The highest BCUT2D eigenvalue weighted by atomic mass is 16.5. The Labute approximate surface area is 201 Å². The molecule has 0 saturated carbocycles. The van der Waals surface area contributed by atoms with Crippen LogP contribution in [0.1, 0.15) is 69.7 Å². The third-order valence-electron chi connectivity index (χ3n) is 7.88. The van der Waals surface area contributed by atoms with Crippen molar-refractivity contribution in [1.29, 1.82) is 0 Å². The van der Waals surface area contributed by atoms with Crippen LogP contribution in [0, 0.1) is 0 Å². The van der Waals surface area contributed by atoms with Gasteiger partial charge < -0.3 is 9.64 Å². The van der Waals surface area contributed by atoms with Crippen molar-refractivity contribution in [2.75, 3.05) is 51.3 Å². The van der Waals surface area contributed by atoms with Crippen LogP contribution in [0.25, 0.3) is 11.6 Å². The van der Waals surface area contributed by atoms with Crippen LogP contribution in [0.4, 0.5) is 5.69 Å². The lowest BCUT2D eigenvalue weighted by Crippen LogP contribution is -2.40. The second-order valence-electron chi connectivity index (χ2n) is 11.3. The summed E-state index contributed by atoms with van der Waals surface area (Å²) in [5.41, 5.74) is 8.77. The smallest absolute Gasteiger partial charge is 0.0594 e. The van der Waals surface area contributed by atoms with Gasteiger partial charge in [0.05, 0.1) is 13.2 Å². The van der Waals surface area contributed by atoms with Crippen LogP contribution in [0.3, 0.4) is 0 Å². The Morgan fingerprint density at radius 3 is 2.24 bits per heavy atom. The second kappa shape index (κ2) is 9.64. The first-order valence-electron chi connectivity index (χ1n) is 12.6. The molecule has 2 aromatic rings. The lowest BCUT2D eigenvalue weighted by Gasteiger charge is -2.42. The number of fused-ring (bicyclic) bond motifs is 1. The molecule has 3 nitrogen and oxygen atoms in total. The summed E-state index contributed by atoms with van der Waals surface area (Å²) in [6.45, 7) is 17.8. The fourth-order valence-corrected chi connectivity index (χ4v) is 5.24. The highest BCUT2D eigenvalue weighted by Gasteiger charge is 2.36. The zero-order valence-electron chi connectivity index (χ0n) is 21.6. The van der Waals surface area contributed by atoms with E-state index < -0.39 is 0 Å². The van der Waals surface area contributed by atoms with Gasteiger partial charge in [-0.1, -0.05) is 64.1 Å². The van der Waals surface area contributed by atoms with Gasteiger partial charge in [-0.05, 0) is 70.6 Å². The number of allylic oxidation sites excluding steroid dienone is 1. The molecule has 0 radical (unpaired) electrons. The molecule has 4 rings (SSSR count). The van der Waals surface area contributed by atoms with E-state index in [1.165, 1.54) is 46.4 Å². The molecule has 0 unspecified atom stereocenters. The fraction of sp³-hybridized carbons (Fsp3) is 0.533. The zero-order valence-corrected chi connectivity index (χ0v) is 21.6. The Hall–Kier alpha value is -2.10. The summed E-state index contributed by atoms with van der Waals surface area (Å²) in [5, 5.41) is 0. The molecule has 178 valence electrons. The van der Waals surface area contributed by atoms with E-state index in [0.717, 1.165) is 39.4 Å². The molecule has 0 amide bonds. The maximum atomic E-state index is 5.45. The molecule has 2 aliphatic rings. The van der Waals surface area contributed by atoms with Crippen LogP contribution in [0.5, 0.6) is 0 Å². The van der Waals surface area contributed by atoms with Crippen LogP contribution >= 0.6 is 0 Å². The third-order valence-corrected chi connectivity index (χ3v) is 7.88. The average molecular weight is 447 g/mol. The van der Waals surface area contributed by atoms with Crippen LogP contribution in [-0.2, 0) is 15.6 Å². The SMILES string of the molecule is C/C(=C\c1ccc(N(C)CCN2CCOCC2)cc1)c1ccc2c(c1)C(C)(C)CCC2(C)C. The first-order valence-corrected chi connectivity index (χ1v) is 12.6. The van der Waals surface area contributed by atoms with Crippen molar-refractivity contribution in [3.63, 3.8) is 0 Å². The fourth-order valence-electron chi connectivity index (χ4n) is 5.24. The van der Waals surface area contributed by atoms with E-state index in [0.29, 0.717) is 0 Å². The van der Waals surface area contributed by atoms with Gasteiger partial charge in [0, 0.05) is 38.9 Å². The Balaban J connectivity index is 1.46. The van der Waals surface area contributed by atoms with Crippen LogP contribution < -0.4 is 4.90 Å². The van der Waals surface area contributed by atoms with Gasteiger partial charge in [0.25, 0.3) is 0 Å². The summed E-state index contributed by atoms with van der Waals surface area (Å²) < 4.78 is 5.45. The van der Waals surface area contributed by atoms with Crippen LogP contribution in [-0.4, -0.2) is 51.3 Å². The summed E-state index contributed by atoms with van der Waals surface area (Å²) in [4.78, 5) is 4.84. The average Bonchev–Trinajstić information content (AvgIpc) is 2.81. The first-order chi connectivity index (χ1) is 15.7. The van der Waals surface area contributed by atoms with E-state index in [4.69, 9.17) is 4.74 Å². The van der Waals surface area contributed by atoms with E-state index in [-0.39, 0.29) is 10.8 Å². The molecule has 1 aliphatic heterocycles. The predicted octanol–water partition coefficient (Wildman–Crippen LogP) is 6.36. The second-order valence-corrected chi connectivity index (χ2v) is 11.3. The van der Waals surface area contributed by atoms with Crippen molar-refractivity contribution < 1.29 is 4.74 Å². The van der Waals surface area contributed by atoms with E-state index in [1.54, 1.807) is 0 Å². The molecule has 1 saturated heterocycles. The quantitative estimate of drug-likeness (QED) is 0.480. The highest BCUT2D eigenvalue weighted by molar-refractivity contribution is 5.81. The summed E-state index contributed by atoms with van der Waals surface area (Å²) in [7, 11) is 2.19. The minimum atomic E-state index is 0.245. The van der Waals surface area contributed by atoms with Crippen molar-refractivity contribution >= 4 is 17.3 Å². The molecule has 1 fully saturated rings. The molecule has 1 aliphatic carbocycles. The maximum absolute atomic E-state index is 5.45. The molecular formula is C30H42N2O.